The maximum absolute atomic E-state index is 13.6. The lowest BCUT2D eigenvalue weighted by Crippen LogP contribution is -2.51. The number of fused-ring (bicyclic) bond motifs is 1. The third kappa shape index (κ3) is 5.03. The SMILES string of the molecule is CC(C)c1ccc(C(=O)N2CCN(C(=O)c3nn(Cc4ccccc4)c(=O)c4ccccc34)CC2)cc1. The number of rotatable bonds is 5. The van der Waals surface area contributed by atoms with Gasteiger partial charge in [-0.25, -0.2) is 4.68 Å². The van der Waals surface area contributed by atoms with Crippen molar-refractivity contribution in [3.8, 4) is 0 Å². The Morgan fingerprint density at radius 2 is 1.32 bits per heavy atom. The summed E-state index contributed by atoms with van der Waals surface area (Å²) in [4.78, 5) is 43.3. The van der Waals surface area contributed by atoms with Crippen LogP contribution in [0.1, 0.15) is 51.7 Å². The number of benzene rings is 3. The van der Waals surface area contributed by atoms with Crippen molar-refractivity contribution in [1.82, 2.24) is 19.6 Å². The zero-order valence-corrected chi connectivity index (χ0v) is 21.1. The Bertz CT molecular complexity index is 1490. The van der Waals surface area contributed by atoms with Crippen molar-refractivity contribution in [3.63, 3.8) is 0 Å². The fourth-order valence-corrected chi connectivity index (χ4v) is 4.71. The maximum Gasteiger partial charge on any atom is 0.275 e. The van der Waals surface area contributed by atoms with E-state index in [2.05, 4.69) is 18.9 Å². The molecule has 3 aromatic carbocycles. The van der Waals surface area contributed by atoms with Crippen LogP contribution in [0.15, 0.2) is 83.7 Å². The first-order valence-corrected chi connectivity index (χ1v) is 12.6. The molecule has 2 amide bonds. The summed E-state index contributed by atoms with van der Waals surface area (Å²) in [5, 5.41) is 5.54. The van der Waals surface area contributed by atoms with Gasteiger partial charge in [-0.1, -0.05) is 74.5 Å². The highest BCUT2D eigenvalue weighted by Crippen LogP contribution is 2.19. The molecule has 1 aliphatic rings. The average Bonchev–Trinajstić information content (AvgIpc) is 2.94. The van der Waals surface area contributed by atoms with Gasteiger partial charge in [0.2, 0.25) is 0 Å². The van der Waals surface area contributed by atoms with Gasteiger partial charge in [0.05, 0.1) is 11.9 Å². The molecule has 0 radical (unpaired) electrons. The Balaban J connectivity index is 1.35. The van der Waals surface area contributed by atoms with Crippen LogP contribution in [0.4, 0.5) is 0 Å². The molecule has 5 rings (SSSR count). The van der Waals surface area contributed by atoms with E-state index in [0.29, 0.717) is 48.4 Å². The summed E-state index contributed by atoms with van der Waals surface area (Å²) >= 11 is 0. The van der Waals surface area contributed by atoms with Gasteiger partial charge in [-0.2, -0.15) is 5.10 Å². The van der Waals surface area contributed by atoms with E-state index in [1.54, 1.807) is 28.0 Å². The topological polar surface area (TPSA) is 75.5 Å². The Hall–Kier alpha value is -4.26. The largest absolute Gasteiger partial charge is 0.335 e. The first-order valence-electron chi connectivity index (χ1n) is 12.6. The molecule has 0 N–H and O–H groups in total. The fraction of sp³-hybridized carbons (Fsp3) is 0.267. The highest BCUT2D eigenvalue weighted by atomic mass is 16.2. The third-order valence-electron chi connectivity index (χ3n) is 6.92. The number of piperazine rings is 1. The molecule has 7 nitrogen and oxygen atoms in total. The molecule has 0 bridgehead atoms. The molecule has 2 heterocycles. The predicted molar refractivity (Wildman–Crippen MR) is 144 cm³/mol. The molecular formula is C30H30N4O3. The second-order valence-electron chi connectivity index (χ2n) is 9.70. The zero-order chi connectivity index (χ0) is 25.9. The van der Waals surface area contributed by atoms with Crippen molar-refractivity contribution in [2.75, 3.05) is 26.2 Å². The van der Waals surface area contributed by atoms with E-state index >= 15 is 0 Å². The number of amides is 2. The van der Waals surface area contributed by atoms with Gasteiger partial charge in [0.25, 0.3) is 17.4 Å². The van der Waals surface area contributed by atoms with Gasteiger partial charge in [-0.15, -0.1) is 0 Å². The Morgan fingerprint density at radius 3 is 1.95 bits per heavy atom. The smallest absolute Gasteiger partial charge is 0.275 e. The van der Waals surface area contributed by atoms with E-state index in [1.165, 1.54) is 10.2 Å². The van der Waals surface area contributed by atoms with Crippen molar-refractivity contribution in [2.45, 2.75) is 26.3 Å². The second-order valence-corrected chi connectivity index (χ2v) is 9.70. The first kappa shape index (κ1) is 24.4. The quantitative estimate of drug-likeness (QED) is 0.417. The molecular weight excluding hydrogens is 464 g/mol. The highest BCUT2D eigenvalue weighted by Gasteiger charge is 2.28. The summed E-state index contributed by atoms with van der Waals surface area (Å²) < 4.78 is 1.37. The van der Waals surface area contributed by atoms with Crippen LogP contribution in [-0.4, -0.2) is 57.6 Å². The van der Waals surface area contributed by atoms with E-state index in [-0.39, 0.29) is 29.6 Å². The van der Waals surface area contributed by atoms with E-state index in [1.807, 2.05) is 60.7 Å². The van der Waals surface area contributed by atoms with Gasteiger partial charge in [0.15, 0.2) is 5.69 Å². The zero-order valence-electron chi connectivity index (χ0n) is 21.1. The summed E-state index contributed by atoms with van der Waals surface area (Å²) in [7, 11) is 0. The molecule has 7 heteroatoms. The summed E-state index contributed by atoms with van der Waals surface area (Å²) in [5.41, 5.74) is 2.81. The number of hydrogen-bond donors (Lipinski definition) is 0. The van der Waals surface area contributed by atoms with Crippen LogP contribution in [0.3, 0.4) is 0 Å². The monoisotopic (exact) mass is 494 g/mol. The molecule has 37 heavy (non-hydrogen) atoms. The van der Waals surface area contributed by atoms with Gasteiger partial charge in [0.1, 0.15) is 0 Å². The summed E-state index contributed by atoms with van der Waals surface area (Å²) in [6, 6.07) is 24.4. The standard InChI is InChI=1S/C30H30N4O3/c1-21(2)23-12-14-24(15-13-23)28(35)32-16-18-33(19-17-32)30(37)27-25-10-6-7-11-26(25)29(36)34(31-27)20-22-8-4-3-5-9-22/h3-15,21H,16-20H2,1-2H3. The first-order chi connectivity index (χ1) is 17.9. The number of aromatic nitrogens is 2. The van der Waals surface area contributed by atoms with Gasteiger partial charge in [-0.3, -0.25) is 14.4 Å². The number of carbonyl (C=O) groups is 2. The van der Waals surface area contributed by atoms with E-state index < -0.39 is 0 Å². The van der Waals surface area contributed by atoms with Crippen LogP contribution in [0.25, 0.3) is 10.8 Å². The molecule has 1 aliphatic heterocycles. The molecule has 1 aromatic heterocycles. The van der Waals surface area contributed by atoms with Crippen molar-refractivity contribution < 1.29 is 9.59 Å². The molecule has 0 spiro atoms. The minimum absolute atomic E-state index is 0.0256. The molecule has 0 unspecified atom stereocenters. The number of carbonyl (C=O) groups excluding carboxylic acids is 2. The molecule has 1 fully saturated rings. The van der Waals surface area contributed by atoms with E-state index in [9.17, 15) is 14.4 Å². The summed E-state index contributed by atoms with van der Waals surface area (Å²) in [6.07, 6.45) is 0. The van der Waals surface area contributed by atoms with Gasteiger partial charge in [-0.05, 0) is 35.2 Å². The van der Waals surface area contributed by atoms with Crippen LogP contribution < -0.4 is 5.56 Å². The molecule has 0 saturated carbocycles. The summed E-state index contributed by atoms with van der Waals surface area (Å²) in [5.74, 6) is 0.152. The Labute approximate surface area is 215 Å². The second kappa shape index (κ2) is 10.4. The lowest BCUT2D eigenvalue weighted by molar-refractivity contribution is 0.0532. The van der Waals surface area contributed by atoms with Gasteiger partial charge in [0, 0.05) is 37.1 Å². The van der Waals surface area contributed by atoms with E-state index in [4.69, 9.17) is 0 Å². The molecule has 188 valence electrons. The van der Waals surface area contributed by atoms with Gasteiger partial charge < -0.3 is 9.80 Å². The van der Waals surface area contributed by atoms with Crippen molar-refractivity contribution in [1.29, 1.82) is 0 Å². The third-order valence-corrected chi connectivity index (χ3v) is 6.92. The average molecular weight is 495 g/mol. The van der Waals surface area contributed by atoms with Crippen molar-refractivity contribution >= 4 is 22.6 Å². The van der Waals surface area contributed by atoms with Crippen LogP contribution >= 0.6 is 0 Å². The minimum atomic E-state index is -0.230. The van der Waals surface area contributed by atoms with Crippen molar-refractivity contribution in [2.24, 2.45) is 0 Å². The Morgan fingerprint density at radius 1 is 0.757 bits per heavy atom. The fourth-order valence-electron chi connectivity index (χ4n) is 4.71. The number of hydrogen-bond acceptors (Lipinski definition) is 4. The van der Waals surface area contributed by atoms with Crippen LogP contribution in [-0.2, 0) is 6.54 Å². The minimum Gasteiger partial charge on any atom is -0.335 e. The predicted octanol–water partition coefficient (Wildman–Crippen LogP) is 4.17. The normalized spacial score (nSPS) is 13.8. The van der Waals surface area contributed by atoms with Gasteiger partial charge >= 0.3 is 0 Å². The summed E-state index contributed by atoms with van der Waals surface area (Å²) in [6.45, 7) is 6.22. The molecule has 0 atom stereocenters. The molecule has 4 aromatic rings. The van der Waals surface area contributed by atoms with Crippen LogP contribution in [0.5, 0.6) is 0 Å². The van der Waals surface area contributed by atoms with Crippen LogP contribution in [0.2, 0.25) is 0 Å². The number of nitrogens with zero attached hydrogens (tertiary/aromatic N) is 4. The highest BCUT2D eigenvalue weighted by molar-refractivity contribution is 6.05. The molecule has 1 saturated heterocycles. The van der Waals surface area contributed by atoms with Crippen LogP contribution in [0, 0.1) is 0 Å². The lowest BCUT2D eigenvalue weighted by Gasteiger charge is -2.34. The Kier molecular flexibility index (Phi) is 6.86. The maximum atomic E-state index is 13.6. The molecule has 0 aliphatic carbocycles. The lowest BCUT2D eigenvalue weighted by atomic mass is 10.0. The van der Waals surface area contributed by atoms with Crippen molar-refractivity contribution in [3.05, 3.63) is 112 Å². The van der Waals surface area contributed by atoms with E-state index in [0.717, 1.165) is 5.56 Å².